The molecule has 0 rings (SSSR count). The van der Waals surface area contributed by atoms with Crippen molar-refractivity contribution in [3.05, 3.63) is 12.2 Å². The van der Waals surface area contributed by atoms with Gasteiger partial charge in [-0.15, -0.1) is 6.58 Å². The maximum Gasteiger partial charge on any atom is 1.00 e. The molecule has 7 nitrogen and oxygen atoms in total. The molecule has 0 aliphatic rings. The Hall–Kier alpha value is 0.590. The summed E-state index contributed by atoms with van der Waals surface area (Å²) in [5, 5.41) is 23.2. The van der Waals surface area contributed by atoms with Crippen LogP contribution in [0.1, 0.15) is 90.9 Å². The van der Waals surface area contributed by atoms with Gasteiger partial charge in [-0.05, 0) is 19.8 Å². The van der Waals surface area contributed by atoms with Gasteiger partial charge in [-0.25, -0.2) is 0 Å². The predicted molar refractivity (Wildman–Crippen MR) is 104 cm³/mol. The summed E-state index contributed by atoms with van der Waals surface area (Å²) in [6, 6.07) is 0. The minimum atomic E-state index is -5.27. The van der Waals surface area contributed by atoms with E-state index < -0.39 is 39.1 Å². The van der Waals surface area contributed by atoms with E-state index in [1.165, 1.54) is 32.6 Å². The first kappa shape index (κ1) is 35.2. The van der Waals surface area contributed by atoms with E-state index in [9.17, 15) is 32.8 Å². The van der Waals surface area contributed by atoms with Gasteiger partial charge in [-0.3, -0.25) is 4.55 Å². The van der Waals surface area contributed by atoms with Crippen molar-refractivity contribution in [3.8, 4) is 0 Å². The van der Waals surface area contributed by atoms with Crippen LogP contribution in [0.4, 0.5) is 0 Å². The molecule has 0 aromatic rings. The number of aliphatic carboxylic acids is 2. The van der Waals surface area contributed by atoms with E-state index in [0.717, 1.165) is 25.7 Å². The van der Waals surface area contributed by atoms with Crippen molar-refractivity contribution in [1.29, 1.82) is 0 Å². The average molecular weight is 465 g/mol. The monoisotopic (exact) mass is 464 g/mol. The summed E-state index contributed by atoms with van der Waals surface area (Å²) in [7, 11) is -5.27. The fourth-order valence-electron chi connectivity index (χ4n) is 3.54. The van der Waals surface area contributed by atoms with Gasteiger partial charge in [0.15, 0.2) is 0 Å². The first-order valence-corrected chi connectivity index (χ1v) is 11.5. The van der Waals surface area contributed by atoms with Crippen LogP contribution in [0.25, 0.3) is 0 Å². The molecule has 0 aromatic heterocycles. The normalized spacial score (nSPS) is 14.0. The molecule has 0 aromatic carbocycles. The number of carbonyl (C=O) groups excluding carboxylic acids is 2. The molecule has 0 aliphatic heterocycles. The third-order valence-corrected chi connectivity index (χ3v) is 6.58. The summed E-state index contributed by atoms with van der Waals surface area (Å²) in [4.78, 5) is 23.2. The SMILES string of the molecule is C=C(C)CC(C(=O)[O-])(C(CCCCCCCCCCCC)C(=O)[O-])S(=O)(=O)O.[Na+].[Na+]. The molecule has 0 bridgehead atoms. The second-order valence-electron chi connectivity index (χ2n) is 7.63. The van der Waals surface area contributed by atoms with E-state index >= 15 is 0 Å². The van der Waals surface area contributed by atoms with Crippen molar-refractivity contribution < 1.29 is 91.9 Å². The van der Waals surface area contributed by atoms with E-state index in [4.69, 9.17) is 0 Å². The summed E-state index contributed by atoms with van der Waals surface area (Å²) >= 11 is 0. The summed E-state index contributed by atoms with van der Waals surface area (Å²) in [6.45, 7) is 6.97. The number of carboxylic acids is 2. The van der Waals surface area contributed by atoms with E-state index in [-0.39, 0.29) is 71.1 Å². The van der Waals surface area contributed by atoms with Crippen LogP contribution in [0.2, 0.25) is 0 Å². The van der Waals surface area contributed by atoms with Crippen LogP contribution in [-0.4, -0.2) is 29.7 Å². The Balaban J connectivity index is -0.00000364. The molecule has 164 valence electrons. The van der Waals surface area contributed by atoms with Crippen molar-refractivity contribution in [3.63, 3.8) is 0 Å². The fraction of sp³-hybridized carbons (Fsp3) is 0.800. The zero-order valence-electron chi connectivity index (χ0n) is 19.1. The van der Waals surface area contributed by atoms with Crippen LogP contribution < -0.4 is 69.3 Å². The predicted octanol–water partition coefficient (Wildman–Crippen LogP) is -3.99. The van der Waals surface area contributed by atoms with Crippen LogP contribution >= 0.6 is 0 Å². The second-order valence-corrected chi connectivity index (χ2v) is 9.31. The van der Waals surface area contributed by atoms with Gasteiger partial charge in [0.1, 0.15) is 4.75 Å². The Morgan fingerprint density at radius 1 is 0.933 bits per heavy atom. The molecule has 0 saturated heterocycles. The van der Waals surface area contributed by atoms with Gasteiger partial charge in [-0.2, -0.15) is 8.42 Å². The number of allylic oxidation sites excluding steroid dienone is 1. The molecule has 0 fully saturated rings. The van der Waals surface area contributed by atoms with Crippen LogP contribution in [0.5, 0.6) is 0 Å². The van der Waals surface area contributed by atoms with Crippen LogP contribution in [0.3, 0.4) is 0 Å². The number of unbranched alkanes of at least 4 members (excludes halogenated alkanes) is 9. The third kappa shape index (κ3) is 12.0. The number of carboxylic acid groups (broad SMARTS) is 2. The van der Waals surface area contributed by atoms with Crippen molar-refractivity contribution in [1.82, 2.24) is 0 Å². The van der Waals surface area contributed by atoms with E-state index in [1.807, 2.05) is 0 Å². The van der Waals surface area contributed by atoms with Gasteiger partial charge < -0.3 is 19.8 Å². The Kier molecular flexibility index (Phi) is 21.2. The minimum absolute atomic E-state index is 0. The van der Waals surface area contributed by atoms with Gasteiger partial charge in [0.25, 0.3) is 10.1 Å². The first-order valence-electron chi connectivity index (χ1n) is 10.0. The standard InChI is InChI=1S/C20H36O7S.2Na/c1-4-5-6-7-8-9-10-11-12-13-14-17(18(21)22)20(19(23)24,15-16(2)3)28(25,26)27;;/h17H,2,4-15H2,1,3H3,(H,21,22)(H,23,24)(H,25,26,27);;/q;2*+1/p-2. The van der Waals surface area contributed by atoms with Crippen molar-refractivity contribution >= 4 is 22.1 Å². The van der Waals surface area contributed by atoms with Crippen LogP contribution in [0.15, 0.2) is 12.2 Å². The van der Waals surface area contributed by atoms with Crippen LogP contribution in [-0.2, 0) is 19.7 Å². The number of hydrogen-bond donors (Lipinski definition) is 1. The summed E-state index contributed by atoms with van der Waals surface area (Å²) < 4.78 is 30.3. The summed E-state index contributed by atoms with van der Waals surface area (Å²) in [5.74, 6) is -5.91. The molecule has 2 unspecified atom stereocenters. The Bertz CT molecular complexity index is 623. The molecule has 0 amide bonds. The zero-order valence-corrected chi connectivity index (χ0v) is 23.9. The van der Waals surface area contributed by atoms with Gasteiger partial charge in [0.2, 0.25) is 0 Å². The fourth-order valence-corrected chi connectivity index (χ4v) is 4.75. The van der Waals surface area contributed by atoms with Crippen molar-refractivity contribution in [2.45, 2.75) is 95.6 Å². The average Bonchev–Trinajstić information content (AvgIpc) is 2.56. The molecule has 0 aliphatic carbocycles. The van der Waals surface area contributed by atoms with Crippen LogP contribution in [0, 0.1) is 5.92 Å². The minimum Gasteiger partial charge on any atom is -0.550 e. The Labute approximate surface area is 225 Å². The number of carbonyl (C=O) groups is 2. The molecule has 1 N–H and O–H groups in total. The Morgan fingerprint density at radius 3 is 1.63 bits per heavy atom. The maximum atomic E-state index is 11.9. The van der Waals surface area contributed by atoms with Gasteiger partial charge in [0, 0.05) is 11.9 Å². The summed E-state index contributed by atoms with van der Waals surface area (Å²) in [6.07, 6.45) is 8.90. The molecule has 0 saturated carbocycles. The quantitative estimate of drug-likeness (QED) is 0.100. The van der Waals surface area contributed by atoms with Crippen molar-refractivity contribution in [2.24, 2.45) is 5.92 Å². The van der Waals surface area contributed by atoms with Gasteiger partial charge in [0.05, 0.1) is 5.97 Å². The molecule has 0 heterocycles. The molecule has 10 heteroatoms. The summed E-state index contributed by atoms with van der Waals surface area (Å²) in [5.41, 5.74) is 0.108. The third-order valence-electron chi connectivity index (χ3n) is 5.06. The van der Waals surface area contributed by atoms with Crippen molar-refractivity contribution in [2.75, 3.05) is 0 Å². The largest absolute Gasteiger partial charge is 1.00 e. The molecular weight excluding hydrogens is 430 g/mol. The number of hydrogen-bond acceptors (Lipinski definition) is 6. The van der Waals surface area contributed by atoms with E-state index in [1.54, 1.807) is 0 Å². The second kappa shape index (κ2) is 18.1. The zero-order chi connectivity index (χ0) is 21.8. The molecule has 2 atom stereocenters. The number of rotatable bonds is 17. The van der Waals surface area contributed by atoms with Gasteiger partial charge in [-0.1, -0.05) is 76.7 Å². The Morgan fingerprint density at radius 2 is 1.33 bits per heavy atom. The molecular formula is C20H34Na2O7S. The smallest absolute Gasteiger partial charge is 0.550 e. The molecule has 30 heavy (non-hydrogen) atoms. The van der Waals surface area contributed by atoms with E-state index in [0.29, 0.717) is 12.8 Å². The molecule has 0 spiro atoms. The van der Waals surface area contributed by atoms with E-state index in [2.05, 4.69) is 13.5 Å². The molecule has 0 radical (unpaired) electrons. The topological polar surface area (TPSA) is 135 Å². The first-order chi connectivity index (χ1) is 13.0. The van der Waals surface area contributed by atoms with Gasteiger partial charge >= 0.3 is 59.1 Å². The maximum absolute atomic E-state index is 11.9.